The first-order valence-electron chi connectivity index (χ1n) is 5.00. The molecule has 0 bridgehead atoms. The molecule has 0 fully saturated rings. The van der Waals surface area contributed by atoms with Crippen LogP contribution < -0.4 is 9.31 Å². The molecule has 1 aromatic carbocycles. The Morgan fingerprint density at radius 2 is 1.80 bits per heavy atom. The van der Waals surface area contributed by atoms with Crippen molar-refractivity contribution < 1.29 is 9.31 Å². The Morgan fingerprint density at radius 1 is 1.20 bits per heavy atom. The van der Waals surface area contributed by atoms with Crippen LogP contribution in [0.25, 0.3) is 0 Å². The van der Waals surface area contributed by atoms with E-state index in [1.165, 1.54) is 0 Å². The summed E-state index contributed by atoms with van der Waals surface area (Å²) < 4.78 is 11.2. The third kappa shape index (κ3) is 2.80. The summed E-state index contributed by atoms with van der Waals surface area (Å²) in [4.78, 5) is 2.91. The molecule has 4 heteroatoms. The second-order valence-corrected chi connectivity index (χ2v) is 6.68. The van der Waals surface area contributed by atoms with E-state index in [0.717, 1.165) is 16.3 Å². The van der Waals surface area contributed by atoms with Crippen molar-refractivity contribution in [3.8, 4) is 11.5 Å². The maximum absolute atomic E-state index is 5.59. The molecule has 1 aliphatic heterocycles. The standard InChI is InChI=1S/C11H13BO2Se/c1-9(2)15-8-7-12-13-10-5-3-4-6-11(10)14-12/h3-9H,1-2H3/b8-7+. The molecule has 2 rings (SSSR count). The second-order valence-electron chi connectivity index (χ2n) is 3.56. The molecule has 0 unspecified atom stereocenters. The van der Waals surface area contributed by atoms with Crippen LogP contribution in [0.5, 0.6) is 11.5 Å². The van der Waals surface area contributed by atoms with Crippen LogP contribution in [0.4, 0.5) is 0 Å². The summed E-state index contributed by atoms with van der Waals surface area (Å²) in [5.41, 5.74) is 0. The van der Waals surface area contributed by atoms with Gasteiger partial charge in [-0.05, 0) is 0 Å². The molecule has 0 atom stereocenters. The zero-order valence-corrected chi connectivity index (χ0v) is 10.6. The van der Waals surface area contributed by atoms with Crippen molar-refractivity contribution >= 4 is 22.1 Å². The van der Waals surface area contributed by atoms with Crippen molar-refractivity contribution in [1.82, 2.24) is 0 Å². The Labute approximate surface area is 97.0 Å². The summed E-state index contributed by atoms with van der Waals surface area (Å²) in [7, 11) is -0.233. The van der Waals surface area contributed by atoms with Gasteiger partial charge in [0, 0.05) is 0 Å². The molecule has 0 N–H and O–H groups in total. The molecular formula is C11H13BO2Se. The van der Waals surface area contributed by atoms with Crippen LogP contribution in [0.1, 0.15) is 13.8 Å². The van der Waals surface area contributed by atoms with Gasteiger partial charge in [0.25, 0.3) is 0 Å². The zero-order chi connectivity index (χ0) is 10.7. The Bertz CT molecular complexity index is 340. The topological polar surface area (TPSA) is 18.5 Å². The van der Waals surface area contributed by atoms with Crippen LogP contribution in [0.3, 0.4) is 0 Å². The van der Waals surface area contributed by atoms with Gasteiger partial charge in [0.15, 0.2) is 0 Å². The quantitative estimate of drug-likeness (QED) is 0.783. The predicted octanol–water partition coefficient (Wildman–Crippen LogP) is 2.53. The van der Waals surface area contributed by atoms with E-state index >= 15 is 0 Å². The molecule has 2 nitrogen and oxygen atoms in total. The van der Waals surface area contributed by atoms with Crippen LogP contribution in [0, 0.1) is 0 Å². The Morgan fingerprint density at radius 3 is 2.33 bits per heavy atom. The fourth-order valence-corrected chi connectivity index (χ4v) is 2.38. The summed E-state index contributed by atoms with van der Waals surface area (Å²) in [6.45, 7) is 4.44. The molecule has 0 aromatic heterocycles. The van der Waals surface area contributed by atoms with Crippen LogP contribution >= 0.6 is 0 Å². The SMILES string of the molecule is CC(C)[Se]/C=C/B1Oc2ccccc2O1. The normalized spacial score (nSPS) is 14.2. The average molecular weight is 267 g/mol. The number of para-hydroxylation sites is 2. The molecule has 15 heavy (non-hydrogen) atoms. The van der Waals surface area contributed by atoms with E-state index in [9.17, 15) is 0 Å². The monoisotopic (exact) mass is 268 g/mol. The predicted molar refractivity (Wildman–Crippen MR) is 63.4 cm³/mol. The van der Waals surface area contributed by atoms with Gasteiger partial charge in [0.05, 0.1) is 0 Å². The summed E-state index contributed by atoms with van der Waals surface area (Å²) in [6.07, 6.45) is 0. The number of fused-ring (bicyclic) bond motifs is 1. The van der Waals surface area contributed by atoms with Crippen LogP contribution in [0.15, 0.2) is 35.2 Å². The van der Waals surface area contributed by atoms with Gasteiger partial charge in [0.2, 0.25) is 0 Å². The molecule has 0 aliphatic carbocycles. The summed E-state index contributed by atoms with van der Waals surface area (Å²) >= 11 is 0.529. The van der Waals surface area contributed by atoms with E-state index in [-0.39, 0.29) is 7.12 Å². The average Bonchev–Trinajstić information content (AvgIpc) is 2.59. The van der Waals surface area contributed by atoms with Gasteiger partial charge in [-0.25, -0.2) is 0 Å². The summed E-state index contributed by atoms with van der Waals surface area (Å²) in [5.74, 6) is 3.67. The Kier molecular flexibility index (Phi) is 3.39. The van der Waals surface area contributed by atoms with Gasteiger partial charge in [-0.15, -0.1) is 0 Å². The number of rotatable bonds is 3. The van der Waals surface area contributed by atoms with Crippen LogP contribution in [-0.4, -0.2) is 22.1 Å². The number of hydrogen-bond acceptors (Lipinski definition) is 2. The van der Waals surface area contributed by atoms with E-state index < -0.39 is 0 Å². The molecule has 0 saturated heterocycles. The minimum atomic E-state index is -0.233. The molecule has 0 amide bonds. The van der Waals surface area contributed by atoms with Gasteiger partial charge in [-0.2, -0.15) is 0 Å². The molecule has 1 aromatic rings. The first kappa shape index (κ1) is 10.7. The summed E-state index contributed by atoms with van der Waals surface area (Å²) in [5, 5.41) is 0. The van der Waals surface area contributed by atoms with Gasteiger partial charge in [0.1, 0.15) is 0 Å². The van der Waals surface area contributed by atoms with Gasteiger partial charge >= 0.3 is 96.8 Å². The Hall–Kier alpha value is -0.856. The van der Waals surface area contributed by atoms with Crippen molar-refractivity contribution in [2.45, 2.75) is 18.7 Å². The van der Waals surface area contributed by atoms with Crippen molar-refractivity contribution in [3.05, 3.63) is 35.2 Å². The zero-order valence-electron chi connectivity index (χ0n) is 8.84. The number of hydrogen-bond donors (Lipinski definition) is 0. The molecule has 0 saturated carbocycles. The molecule has 0 spiro atoms. The van der Waals surface area contributed by atoms with Gasteiger partial charge < -0.3 is 0 Å². The fourth-order valence-electron chi connectivity index (χ4n) is 1.26. The van der Waals surface area contributed by atoms with Crippen molar-refractivity contribution in [1.29, 1.82) is 0 Å². The number of benzene rings is 1. The molecule has 1 heterocycles. The first-order chi connectivity index (χ1) is 7.25. The minimum absolute atomic E-state index is 0.233. The van der Waals surface area contributed by atoms with Crippen molar-refractivity contribution in [3.63, 3.8) is 0 Å². The van der Waals surface area contributed by atoms with Crippen molar-refractivity contribution in [2.24, 2.45) is 0 Å². The van der Waals surface area contributed by atoms with E-state index in [4.69, 9.17) is 9.31 Å². The van der Waals surface area contributed by atoms with Crippen LogP contribution in [0.2, 0.25) is 4.82 Å². The second kappa shape index (κ2) is 4.78. The van der Waals surface area contributed by atoms with Crippen molar-refractivity contribution in [2.75, 3.05) is 0 Å². The Balaban J connectivity index is 1.93. The van der Waals surface area contributed by atoms with Gasteiger partial charge in [-0.1, -0.05) is 0 Å². The van der Waals surface area contributed by atoms with E-state index in [1.54, 1.807) is 0 Å². The van der Waals surface area contributed by atoms with E-state index in [0.29, 0.717) is 15.0 Å². The van der Waals surface area contributed by atoms with E-state index in [2.05, 4.69) is 18.8 Å². The molecule has 78 valence electrons. The fraction of sp³-hybridized carbons (Fsp3) is 0.273. The van der Waals surface area contributed by atoms with Gasteiger partial charge in [-0.3, -0.25) is 0 Å². The molecule has 1 aliphatic rings. The summed E-state index contributed by atoms with van der Waals surface area (Å²) in [6, 6.07) is 7.76. The maximum atomic E-state index is 5.59. The third-order valence-electron chi connectivity index (χ3n) is 1.92. The van der Waals surface area contributed by atoms with Crippen LogP contribution in [-0.2, 0) is 0 Å². The first-order valence-corrected chi connectivity index (χ1v) is 6.98. The third-order valence-corrected chi connectivity index (χ3v) is 3.72. The molecular weight excluding hydrogens is 254 g/mol. The van der Waals surface area contributed by atoms with E-state index in [1.807, 2.05) is 30.2 Å². The molecule has 0 radical (unpaired) electrons.